The SMILES string of the molecule is C[C@H]1C[C@@H](NC(=O)c2ccnn2C)CN(c2ccc(C#N)c3ncccc23)C1. The smallest absolute Gasteiger partial charge is 0.269 e. The Kier molecular flexibility index (Phi) is 4.70. The molecule has 2 atom stereocenters. The third-order valence-corrected chi connectivity index (χ3v) is 5.26. The molecule has 0 aliphatic carbocycles. The lowest BCUT2D eigenvalue weighted by Gasteiger charge is -2.38. The van der Waals surface area contributed by atoms with Crippen molar-refractivity contribution in [2.75, 3.05) is 18.0 Å². The number of aryl methyl sites for hydroxylation is 1. The van der Waals surface area contributed by atoms with Crippen LogP contribution in [0.25, 0.3) is 10.9 Å². The molecule has 1 amide bonds. The van der Waals surface area contributed by atoms with Crippen molar-refractivity contribution in [3.8, 4) is 6.07 Å². The Morgan fingerprint density at radius 3 is 2.86 bits per heavy atom. The van der Waals surface area contributed by atoms with E-state index in [2.05, 4.69) is 33.3 Å². The Labute approximate surface area is 163 Å². The summed E-state index contributed by atoms with van der Waals surface area (Å²) in [6.07, 6.45) is 4.26. The van der Waals surface area contributed by atoms with Gasteiger partial charge in [-0.25, -0.2) is 0 Å². The Morgan fingerprint density at radius 2 is 2.11 bits per heavy atom. The summed E-state index contributed by atoms with van der Waals surface area (Å²) >= 11 is 0. The van der Waals surface area contributed by atoms with Crippen LogP contribution >= 0.6 is 0 Å². The van der Waals surface area contributed by atoms with Gasteiger partial charge in [0.2, 0.25) is 0 Å². The summed E-state index contributed by atoms with van der Waals surface area (Å²) in [6.45, 7) is 3.80. The minimum absolute atomic E-state index is 0.0357. The number of aromatic nitrogens is 3. The fourth-order valence-corrected chi connectivity index (χ4v) is 4.03. The molecule has 0 unspecified atom stereocenters. The quantitative estimate of drug-likeness (QED) is 0.761. The molecule has 0 saturated carbocycles. The van der Waals surface area contributed by atoms with Crippen LogP contribution in [0.3, 0.4) is 0 Å². The van der Waals surface area contributed by atoms with E-state index in [4.69, 9.17) is 0 Å². The van der Waals surface area contributed by atoms with E-state index >= 15 is 0 Å². The predicted octanol–water partition coefficient (Wildman–Crippen LogP) is 2.48. The predicted molar refractivity (Wildman–Crippen MR) is 107 cm³/mol. The molecule has 0 bridgehead atoms. The first kappa shape index (κ1) is 18.0. The maximum absolute atomic E-state index is 12.6. The topological polar surface area (TPSA) is 86.8 Å². The number of pyridine rings is 1. The third-order valence-electron chi connectivity index (χ3n) is 5.26. The van der Waals surface area contributed by atoms with Gasteiger partial charge in [0, 0.05) is 49.6 Å². The summed E-state index contributed by atoms with van der Waals surface area (Å²) < 4.78 is 1.58. The van der Waals surface area contributed by atoms with Crippen molar-refractivity contribution in [3.63, 3.8) is 0 Å². The Balaban J connectivity index is 1.61. The maximum Gasteiger partial charge on any atom is 0.269 e. The highest BCUT2D eigenvalue weighted by Gasteiger charge is 2.28. The molecule has 142 valence electrons. The highest BCUT2D eigenvalue weighted by molar-refractivity contribution is 5.95. The lowest BCUT2D eigenvalue weighted by Crippen LogP contribution is -2.50. The van der Waals surface area contributed by atoms with Crippen LogP contribution in [0.5, 0.6) is 0 Å². The number of hydrogen-bond donors (Lipinski definition) is 1. The molecule has 2 aromatic heterocycles. The second kappa shape index (κ2) is 7.31. The van der Waals surface area contributed by atoms with Crippen molar-refractivity contribution >= 4 is 22.5 Å². The molecule has 3 aromatic rings. The molecular formula is C21H22N6O. The minimum Gasteiger partial charge on any atom is -0.369 e. The zero-order valence-corrected chi connectivity index (χ0v) is 16.0. The summed E-state index contributed by atoms with van der Waals surface area (Å²) in [4.78, 5) is 19.3. The number of nitrogens with zero attached hydrogens (tertiary/aromatic N) is 5. The molecule has 3 heterocycles. The highest BCUT2D eigenvalue weighted by atomic mass is 16.2. The van der Waals surface area contributed by atoms with E-state index in [9.17, 15) is 10.1 Å². The molecule has 1 aliphatic heterocycles. The number of carbonyl (C=O) groups is 1. The highest BCUT2D eigenvalue weighted by Crippen LogP contribution is 2.31. The summed E-state index contributed by atoms with van der Waals surface area (Å²) in [5, 5.41) is 17.6. The summed E-state index contributed by atoms with van der Waals surface area (Å²) in [6, 6.07) is 11.7. The average molecular weight is 374 g/mol. The van der Waals surface area contributed by atoms with E-state index in [1.165, 1.54) is 0 Å². The van der Waals surface area contributed by atoms with Gasteiger partial charge in [-0.3, -0.25) is 14.5 Å². The number of anilines is 1. The molecule has 0 radical (unpaired) electrons. The summed E-state index contributed by atoms with van der Waals surface area (Å²) in [5.41, 5.74) is 2.90. The Morgan fingerprint density at radius 1 is 1.25 bits per heavy atom. The van der Waals surface area contributed by atoms with E-state index in [1.54, 1.807) is 30.2 Å². The van der Waals surface area contributed by atoms with E-state index in [1.807, 2.05) is 24.3 Å². The number of fused-ring (bicyclic) bond motifs is 1. The van der Waals surface area contributed by atoms with E-state index in [0.29, 0.717) is 23.7 Å². The Bertz CT molecular complexity index is 1070. The normalized spacial score (nSPS) is 19.4. The van der Waals surface area contributed by atoms with Crippen LogP contribution in [0.4, 0.5) is 5.69 Å². The van der Waals surface area contributed by atoms with Gasteiger partial charge in [-0.15, -0.1) is 0 Å². The fraction of sp³-hybridized carbons (Fsp3) is 0.333. The van der Waals surface area contributed by atoms with Crippen molar-refractivity contribution in [1.82, 2.24) is 20.1 Å². The first-order valence-electron chi connectivity index (χ1n) is 9.38. The molecule has 28 heavy (non-hydrogen) atoms. The maximum atomic E-state index is 12.6. The minimum atomic E-state index is -0.106. The molecule has 1 aliphatic rings. The molecule has 1 saturated heterocycles. The molecule has 1 N–H and O–H groups in total. The van der Waals surface area contributed by atoms with E-state index < -0.39 is 0 Å². The lowest BCUT2D eigenvalue weighted by atomic mass is 9.94. The van der Waals surface area contributed by atoms with Gasteiger partial charge in [0.05, 0.1) is 11.1 Å². The van der Waals surface area contributed by atoms with Crippen molar-refractivity contribution < 1.29 is 4.79 Å². The standard InChI is InChI=1S/C21H22N6O/c1-14-10-16(25-21(28)19-7-9-24-26(19)2)13-27(12-14)18-6-5-15(11-22)20-17(18)4-3-8-23-20/h3-9,14,16H,10,12-13H2,1-2H3,(H,25,28)/t14-,16+/m0/s1. The molecule has 0 spiro atoms. The molecule has 7 nitrogen and oxygen atoms in total. The van der Waals surface area contributed by atoms with Crippen molar-refractivity contribution in [2.24, 2.45) is 13.0 Å². The molecule has 1 fully saturated rings. The second-order valence-electron chi connectivity index (χ2n) is 7.40. The van der Waals surface area contributed by atoms with Crippen LogP contribution in [-0.4, -0.2) is 39.8 Å². The molecule has 7 heteroatoms. The first-order chi connectivity index (χ1) is 13.6. The van der Waals surface area contributed by atoms with Crippen molar-refractivity contribution in [1.29, 1.82) is 5.26 Å². The first-order valence-corrected chi connectivity index (χ1v) is 9.38. The van der Waals surface area contributed by atoms with E-state index in [0.717, 1.165) is 29.6 Å². The number of nitrogens with one attached hydrogen (secondary N) is 1. The van der Waals surface area contributed by atoms with Gasteiger partial charge in [0.25, 0.3) is 5.91 Å². The second-order valence-corrected chi connectivity index (χ2v) is 7.40. The molecule has 1 aromatic carbocycles. The third kappa shape index (κ3) is 3.29. The van der Waals surface area contributed by atoms with Crippen LogP contribution in [0.15, 0.2) is 42.7 Å². The van der Waals surface area contributed by atoms with Crippen molar-refractivity contribution in [2.45, 2.75) is 19.4 Å². The van der Waals surface area contributed by atoms with Gasteiger partial charge < -0.3 is 10.2 Å². The van der Waals surface area contributed by atoms with E-state index in [-0.39, 0.29) is 11.9 Å². The summed E-state index contributed by atoms with van der Waals surface area (Å²) in [7, 11) is 1.76. The monoisotopic (exact) mass is 374 g/mol. The van der Waals surface area contributed by atoms with Gasteiger partial charge in [0.1, 0.15) is 11.8 Å². The van der Waals surface area contributed by atoms with Crippen LogP contribution in [0, 0.1) is 17.2 Å². The average Bonchev–Trinajstić information content (AvgIpc) is 3.12. The Hall–Kier alpha value is -3.40. The molecular weight excluding hydrogens is 352 g/mol. The van der Waals surface area contributed by atoms with Crippen LogP contribution in [0.2, 0.25) is 0 Å². The van der Waals surface area contributed by atoms with Crippen LogP contribution in [-0.2, 0) is 7.05 Å². The van der Waals surface area contributed by atoms with Crippen molar-refractivity contribution in [3.05, 3.63) is 54.0 Å². The number of hydrogen-bond acceptors (Lipinski definition) is 5. The fourth-order valence-electron chi connectivity index (χ4n) is 4.03. The lowest BCUT2D eigenvalue weighted by molar-refractivity contribution is 0.0919. The molecule has 4 rings (SSSR count). The van der Waals surface area contributed by atoms with Gasteiger partial charge in [-0.2, -0.15) is 10.4 Å². The zero-order chi connectivity index (χ0) is 19.7. The van der Waals surface area contributed by atoms with Crippen LogP contribution in [0.1, 0.15) is 29.4 Å². The number of benzene rings is 1. The zero-order valence-electron chi connectivity index (χ0n) is 16.0. The number of rotatable bonds is 3. The van der Waals surface area contributed by atoms with Gasteiger partial charge >= 0.3 is 0 Å². The largest absolute Gasteiger partial charge is 0.369 e. The van der Waals surface area contributed by atoms with Gasteiger partial charge in [0.15, 0.2) is 0 Å². The van der Waals surface area contributed by atoms with Gasteiger partial charge in [-0.05, 0) is 42.7 Å². The van der Waals surface area contributed by atoms with Gasteiger partial charge in [-0.1, -0.05) is 6.92 Å². The number of nitriles is 1. The summed E-state index contributed by atoms with van der Waals surface area (Å²) in [5.74, 6) is 0.318. The number of piperidine rings is 1. The number of amides is 1. The number of carbonyl (C=O) groups excluding carboxylic acids is 1. The van der Waals surface area contributed by atoms with Crippen LogP contribution < -0.4 is 10.2 Å².